The molecular weight excluding hydrogens is 596 g/mol. The number of carbonyl (C=O) groups excluding carboxylic acids is 1. The third-order valence-corrected chi connectivity index (χ3v) is 7.16. The van der Waals surface area contributed by atoms with Gasteiger partial charge in [-0.15, -0.1) is 0 Å². The molecule has 0 radical (unpaired) electrons. The Morgan fingerprint density at radius 1 is 0.821 bits per heavy atom. The second-order valence-electron chi connectivity index (χ2n) is 8.74. The van der Waals surface area contributed by atoms with E-state index in [9.17, 15) is 35.5 Å². The number of rotatable bonds is 7. The zero-order valence-electron chi connectivity index (χ0n) is 20.0. The summed E-state index contributed by atoms with van der Waals surface area (Å²) in [5.41, 5.74) is 0.121. The van der Waals surface area contributed by atoms with Gasteiger partial charge in [0.2, 0.25) is 0 Å². The van der Waals surface area contributed by atoms with Crippen molar-refractivity contribution in [3.8, 4) is 0 Å². The van der Waals surface area contributed by atoms with E-state index in [1.54, 1.807) is 31.2 Å². The Bertz CT molecular complexity index is 1330. The van der Waals surface area contributed by atoms with Crippen molar-refractivity contribution >= 4 is 46.4 Å². The fraction of sp³-hybridized carbons (Fsp3) is 0.269. The lowest BCUT2D eigenvalue weighted by Crippen LogP contribution is -2.50. The maximum atomic E-state index is 14.4. The highest BCUT2D eigenvalue weighted by atomic mass is 35.5. The van der Waals surface area contributed by atoms with Crippen molar-refractivity contribution in [1.82, 2.24) is 4.90 Å². The van der Waals surface area contributed by atoms with E-state index in [1.165, 1.54) is 11.0 Å². The number of amides is 1. The number of hydrogen-bond acceptors (Lipinski definition) is 2. The fourth-order valence-corrected chi connectivity index (χ4v) is 4.53. The van der Waals surface area contributed by atoms with Gasteiger partial charge in [0.15, 0.2) is 0 Å². The van der Waals surface area contributed by atoms with E-state index in [-0.39, 0.29) is 39.9 Å². The predicted octanol–water partition coefficient (Wildman–Crippen LogP) is 8.71. The zero-order chi connectivity index (χ0) is 29.3. The van der Waals surface area contributed by atoms with Crippen LogP contribution in [0.1, 0.15) is 32.6 Å². The van der Waals surface area contributed by atoms with E-state index < -0.39 is 29.5 Å². The van der Waals surface area contributed by atoms with E-state index in [2.05, 4.69) is 0 Å². The Kier molecular flexibility index (Phi) is 9.04. The van der Waals surface area contributed by atoms with Crippen molar-refractivity contribution < 1.29 is 35.5 Å². The summed E-state index contributed by atoms with van der Waals surface area (Å²) < 4.78 is 93.2. The van der Waals surface area contributed by atoms with Gasteiger partial charge in [0.05, 0.1) is 21.3 Å². The molecule has 0 bridgehead atoms. The molecule has 1 amide bonds. The summed E-state index contributed by atoms with van der Waals surface area (Å²) in [7, 11) is 0. The molecule has 0 spiro atoms. The highest BCUT2D eigenvalue weighted by molar-refractivity contribution is 6.45. The lowest BCUT2D eigenvalue weighted by atomic mass is 9.93. The molecule has 3 nitrogen and oxygen atoms in total. The number of nitrogens with two attached hydrogens (primary N) is 1. The summed E-state index contributed by atoms with van der Waals surface area (Å²) in [4.78, 5) is 14.9. The third-order valence-electron chi connectivity index (χ3n) is 6.02. The molecule has 210 valence electrons. The summed E-state index contributed by atoms with van der Waals surface area (Å²) in [5, 5.41) is 0.335. The highest BCUT2D eigenvalue weighted by Crippen LogP contribution is 2.53. The summed E-state index contributed by atoms with van der Waals surface area (Å²) in [5.74, 6) is -0.608. The number of nitrogen functional groups attached to an aromatic ring is 1. The molecule has 3 aromatic rings. The highest BCUT2D eigenvalue weighted by Gasteiger charge is 2.73. The first-order valence-electron chi connectivity index (χ1n) is 11.2. The number of hydrogen-bond donors (Lipinski definition) is 1. The molecule has 0 fully saturated rings. The predicted molar refractivity (Wildman–Crippen MR) is 137 cm³/mol. The van der Waals surface area contributed by atoms with Crippen molar-refractivity contribution in [2.75, 3.05) is 12.3 Å². The molecule has 0 saturated heterocycles. The lowest BCUT2D eigenvalue weighted by Gasteiger charge is -2.30. The van der Waals surface area contributed by atoms with Gasteiger partial charge in [-0.1, -0.05) is 71.2 Å². The molecule has 3 rings (SSSR count). The normalized spacial score (nSPS) is 12.5. The monoisotopic (exact) mass is 614 g/mol. The van der Waals surface area contributed by atoms with Crippen LogP contribution in [0, 0.1) is 6.92 Å². The van der Waals surface area contributed by atoms with Crippen molar-refractivity contribution in [2.45, 2.75) is 37.9 Å². The van der Waals surface area contributed by atoms with Crippen molar-refractivity contribution in [3.63, 3.8) is 0 Å². The molecule has 13 heteroatoms. The molecule has 0 aromatic heterocycles. The number of benzene rings is 3. The van der Waals surface area contributed by atoms with Crippen LogP contribution in [0.5, 0.6) is 0 Å². The average Bonchev–Trinajstić information content (AvgIpc) is 2.84. The SMILES string of the molecule is Cc1cc(N)c(Cl)c(Cl)c1C(=O)N(CCc1ccc(Cl)cc1)Cc1ccc(C(F)(C(F)(F)F)C(F)(F)F)cc1. The summed E-state index contributed by atoms with van der Waals surface area (Å²) >= 11 is 18.3. The van der Waals surface area contributed by atoms with E-state index >= 15 is 0 Å². The average molecular weight is 616 g/mol. The van der Waals surface area contributed by atoms with Crippen LogP contribution >= 0.6 is 34.8 Å². The Labute approximate surface area is 234 Å². The first-order chi connectivity index (χ1) is 18.0. The molecule has 0 saturated carbocycles. The molecule has 2 N–H and O–H groups in total. The van der Waals surface area contributed by atoms with Gasteiger partial charge in [0.1, 0.15) is 0 Å². The first kappa shape index (κ1) is 30.8. The molecule has 0 unspecified atom stereocenters. The van der Waals surface area contributed by atoms with E-state index in [1.807, 2.05) is 0 Å². The van der Waals surface area contributed by atoms with Gasteiger partial charge in [-0.3, -0.25) is 4.79 Å². The fourth-order valence-electron chi connectivity index (χ4n) is 3.91. The summed E-state index contributed by atoms with van der Waals surface area (Å²) in [6.07, 6.45) is -12.2. The number of aryl methyl sites for hydroxylation is 1. The molecule has 0 aliphatic heterocycles. The molecular formula is C26H20Cl3F7N2O. The van der Waals surface area contributed by atoms with Gasteiger partial charge in [-0.25, -0.2) is 4.39 Å². The Hall–Kier alpha value is -2.69. The Morgan fingerprint density at radius 2 is 1.33 bits per heavy atom. The minimum atomic E-state index is -6.24. The van der Waals surface area contributed by atoms with Crippen molar-refractivity contribution in [1.29, 1.82) is 0 Å². The number of alkyl halides is 7. The van der Waals surface area contributed by atoms with E-state index in [4.69, 9.17) is 40.5 Å². The number of nitrogens with zero attached hydrogens (tertiary/aromatic N) is 1. The lowest BCUT2D eigenvalue weighted by molar-refractivity contribution is -0.348. The molecule has 0 aliphatic rings. The smallest absolute Gasteiger partial charge is 0.397 e. The summed E-state index contributed by atoms with van der Waals surface area (Å²) in [6, 6.07) is 10.8. The second-order valence-corrected chi connectivity index (χ2v) is 9.93. The Balaban J connectivity index is 1.98. The van der Waals surface area contributed by atoms with Gasteiger partial charge in [0.25, 0.3) is 5.91 Å². The molecule has 0 heterocycles. The second kappa shape index (κ2) is 11.4. The Morgan fingerprint density at radius 3 is 1.85 bits per heavy atom. The van der Waals surface area contributed by atoms with Crippen molar-refractivity contribution in [3.05, 3.63) is 97.5 Å². The molecule has 3 aromatic carbocycles. The van der Waals surface area contributed by atoms with Crippen LogP contribution in [0.15, 0.2) is 54.6 Å². The quantitative estimate of drug-likeness (QED) is 0.214. The van der Waals surface area contributed by atoms with Crippen molar-refractivity contribution in [2.24, 2.45) is 0 Å². The largest absolute Gasteiger partial charge is 0.435 e. The van der Waals surface area contributed by atoms with Crippen LogP contribution in [-0.2, 0) is 18.6 Å². The van der Waals surface area contributed by atoms with Gasteiger partial charge in [-0.2, -0.15) is 26.3 Å². The van der Waals surface area contributed by atoms with Crippen LogP contribution in [0.2, 0.25) is 15.1 Å². The molecule has 0 atom stereocenters. The number of halogens is 10. The van der Waals surface area contributed by atoms with Crippen LogP contribution in [0.3, 0.4) is 0 Å². The van der Waals surface area contributed by atoms with Gasteiger partial charge in [-0.05, 0) is 48.2 Å². The number of anilines is 1. The third kappa shape index (κ3) is 6.39. The van der Waals surface area contributed by atoms with E-state index in [0.717, 1.165) is 17.7 Å². The van der Waals surface area contributed by atoms with E-state index in [0.29, 0.717) is 29.1 Å². The van der Waals surface area contributed by atoms with Gasteiger partial charge >= 0.3 is 18.0 Å². The topological polar surface area (TPSA) is 46.3 Å². The van der Waals surface area contributed by atoms with Crippen LogP contribution in [0.25, 0.3) is 0 Å². The molecule has 0 aliphatic carbocycles. The zero-order valence-corrected chi connectivity index (χ0v) is 22.3. The maximum Gasteiger partial charge on any atom is 0.435 e. The minimum Gasteiger partial charge on any atom is -0.397 e. The van der Waals surface area contributed by atoms with Crippen LogP contribution < -0.4 is 5.73 Å². The number of carbonyl (C=O) groups is 1. The summed E-state index contributed by atoms with van der Waals surface area (Å²) in [6.45, 7) is 1.40. The molecule has 39 heavy (non-hydrogen) atoms. The minimum absolute atomic E-state index is 0.0283. The van der Waals surface area contributed by atoms with Crippen LogP contribution in [-0.4, -0.2) is 29.7 Å². The maximum absolute atomic E-state index is 14.4. The standard InChI is InChI=1S/C26H20Cl3F7N2O/c1-14-12-19(37)21(28)22(29)20(14)23(39)38(11-10-15-4-8-18(27)9-5-15)13-16-2-6-17(7-3-16)24(30,25(31,32)33)26(34,35)36/h2-9,12H,10-11,13,37H2,1H3. The van der Waals surface area contributed by atoms with Gasteiger partial charge < -0.3 is 10.6 Å². The first-order valence-corrected chi connectivity index (χ1v) is 12.3. The van der Waals surface area contributed by atoms with Gasteiger partial charge in [0, 0.05) is 23.7 Å². The van der Waals surface area contributed by atoms with Crippen LogP contribution in [0.4, 0.5) is 36.4 Å².